The summed E-state index contributed by atoms with van der Waals surface area (Å²) in [4.78, 5) is 17.8. The van der Waals surface area contributed by atoms with Crippen LogP contribution < -0.4 is 5.32 Å². The van der Waals surface area contributed by atoms with E-state index < -0.39 is 0 Å². The molecule has 3 aromatic heterocycles. The Morgan fingerprint density at radius 1 is 1.17 bits per heavy atom. The minimum Gasteiger partial charge on any atom is -0.455 e. The molecule has 3 aromatic rings. The van der Waals surface area contributed by atoms with Crippen molar-refractivity contribution in [2.75, 3.05) is 14.1 Å². The molecule has 0 fully saturated rings. The fourth-order valence-electron chi connectivity index (χ4n) is 2.32. The first kappa shape index (κ1) is 15.9. The monoisotopic (exact) mass is 326 g/mol. The number of nitrogens with zero attached hydrogens (tertiary/aromatic N) is 3. The molecular formula is C17H18N4O3. The molecule has 24 heavy (non-hydrogen) atoms. The minimum absolute atomic E-state index is 0.237. The molecule has 0 saturated carbocycles. The molecule has 0 aliphatic carbocycles. The Balaban J connectivity index is 1.61. The average molecular weight is 326 g/mol. The second-order valence-corrected chi connectivity index (χ2v) is 5.41. The number of nitrogens with one attached hydrogen (secondary N) is 1. The van der Waals surface area contributed by atoms with Gasteiger partial charge in [-0.25, -0.2) is 0 Å². The molecule has 124 valence electrons. The lowest BCUT2D eigenvalue weighted by Crippen LogP contribution is -2.17. The highest BCUT2D eigenvalue weighted by molar-refractivity contribution is 5.91. The van der Waals surface area contributed by atoms with E-state index in [1.165, 1.54) is 0 Å². The molecule has 0 aliphatic heterocycles. The molecule has 1 N–H and O–H groups in total. The zero-order chi connectivity index (χ0) is 16.9. The van der Waals surface area contributed by atoms with E-state index in [1.807, 2.05) is 36.2 Å². The highest BCUT2D eigenvalue weighted by Crippen LogP contribution is 2.18. The molecule has 0 radical (unpaired) electrons. The van der Waals surface area contributed by atoms with Gasteiger partial charge in [-0.15, -0.1) is 0 Å². The van der Waals surface area contributed by atoms with Gasteiger partial charge in [0.1, 0.15) is 11.5 Å². The lowest BCUT2D eigenvalue weighted by Gasteiger charge is -2.12. The van der Waals surface area contributed by atoms with Crippen molar-refractivity contribution in [1.82, 2.24) is 20.4 Å². The first-order valence-electron chi connectivity index (χ1n) is 7.52. The van der Waals surface area contributed by atoms with Gasteiger partial charge in [0.25, 0.3) is 5.91 Å². The van der Waals surface area contributed by atoms with Crippen molar-refractivity contribution in [1.29, 1.82) is 0 Å². The maximum atomic E-state index is 11.5. The molecule has 0 atom stereocenters. The second kappa shape index (κ2) is 7.10. The number of hydrogen-bond donors (Lipinski definition) is 1. The molecule has 7 nitrogen and oxygen atoms in total. The third-order valence-corrected chi connectivity index (χ3v) is 3.45. The van der Waals surface area contributed by atoms with Gasteiger partial charge in [-0.2, -0.15) is 0 Å². The SMILES string of the molecule is CNC(=O)c1ccc(CN(C)Cc2cc(-c3ccccn3)no2)o1. The number of pyridine rings is 1. The Bertz CT molecular complexity index is 810. The summed E-state index contributed by atoms with van der Waals surface area (Å²) in [7, 11) is 3.50. The normalized spacial score (nSPS) is 11.0. The Morgan fingerprint density at radius 3 is 2.75 bits per heavy atom. The van der Waals surface area contributed by atoms with Gasteiger partial charge in [0.2, 0.25) is 0 Å². The number of amides is 1. The first-order valence-corrected chi connectivity index (χ1v) is 7.52. The highest BCUT2D eigenvalue weighted by Gasteiger charge is 2.13. The largest absolute Gasteiger partial charge is 0.455 e. The van der Waals surface area contributed by atoms with Crippen LogP contribution in [0.5, 0.6) is 0 Å². The molecule has 3 rings (SSSR count). The van der Waals surface area contributed by atoms with E-state index in [0.29, 0.717) is 30.3 Å². The van der Waals surface area contributed by atoms with Crippen LogP contribution in [0.25, 0.3) is 11.4 Å². The smallest absolute Gasteiger partial charge is 0.286 e. The summed E-state index contributed by atoms with van der Waals surface area (Å²) >= 11 is 0. The average Bonchev–Trinajstić information content (AvgIpc) is 3.24. The van der Waals surface area contributed by atoms with Gasteiger partial charge in [0.05, 0.1) is 18.8 Å². The van der Waals surface area contributed by atoms with Gasteiger partial charge in [-0.1, -0.05) is 11.2 Å². The molecule has 3 heterocycles. The number of carbonyl (C=O) groups is 1. The summed E-state index contributed by atoms with van der Waals surface area (Å²) < 4.78 is 10.9. The Kier molecular flexibility index (Phi) is 4.72. The molecule has 1 amide bonds. The van der Waals surface area contributed by atoms with E-state index in [2.05, 4.69) is 15.5 Å². The van der Waals surface area contributed by atoms with Crippen LogP contribution in [-0.2, 0) is 13.1 Å². The van der Waals surface area contributed by atoms with Crippen molar-refractivity contribution in [3.8, 4) is 11.4 Å². The number of furan rings is 1. The summed E-state index contributed by atoms with van der Waals surface area (Å²) in [5.74, 6) is 1.51. The van der Waals surface area contributed by atoms with E-state index in [-0.39, 0.29) is 5.91 Å². The van der Waals surface area contributed by atoms with Gasteiger partial charge >= 0.3 is 0 Å². The van der Waals surface area contributed by atoms with Gasteiger partial charge in [-0.05, 0) is 31.3 Å². The Labute approximate surface area is 139 Å². The fraction of sp³-hybridized carbons (Fsp3) is 0.235. The second-order valence-electron chi connectivity index (χ2n) is 5.41. The van der Waals surface area contributed by atoms with Crippen molar-refractivity contribution in [2.24, 2.45) is 0 Å². The predicted molar refractivity (Wildman–Crippen MR) is 87.0 cm³/mol. The van der Waals surface area contributed by atoms with Crippen molar-refractivity contribution in [3.05, 3.63) is 59.9 Å². The van der Waals surface area contributed by atoms with Crippen molar-refractivity contribution >= 4 is 5.91 Å². The van der Waals surface area contributed by atoms with Crippen LogP contribution in [0, 0.1) is 0 Å². The molecule has 0 bridgehead atoms. The lowest BCUT2D eigenvalue weighted by atomic mass is 10.2. The predicted octanol–water partition coefficient (Wildman–Crippen LogP) is 2.32. The van der Waals surface area contributed by atoms with E-state index in [1.54, 1.807) is 25.4 Å². The van der Waals surface area contributed by atoms with Crippen molar-refractivity contribution in [2.45, 2.75) is 13.1 Å². The summed E-state index contributed by atoms with van der Waals surface area (Å²) in [6, 6.07) is 11.0. The van der Waals surface area contributed by atoms with Crippen LogP contribution in [0.4, 0.5) is 0 Å². The van der Waals surface area contributed by atoms with E-state index >= 15 is 0 Å². The molecule has 0 aromatic carbocycles. The number of hydrogen-bond acceptors (Lipinski definition) is 6. The van der Waals surface area contributed by atoms with Gasteiger partial charge in [0.15, 0.2) is 11.5 Å². The van der Waals surface area contributed by atoms with Crippen LogP contribution in [-0.4, -0.2) is 35.0 Å². The summed E-state index contributed by atoms with van der Waals surface area (Å²) in [5.41, 5.74) is 1.48. The van der Waals surface area contributed by atoms with Crippen molar-refractivity contribution in [3.63, 3.8) is 0 Å². The molecule has 7 heteroatoms. The molecule has 0 unspecified atom stereocenters. The Morgan fingerprint density at radius 2 is 2.00 bits per heavy atom. The zero-order valence-electron chi connectivity index (χ0n) is 13.5. The highest BCUT2D eigenvalue weighted by atomic mass is 16.5. The third kappa shape index (κ3) is 3.69. The van der Waals surface area contributed by atoms with Gasteiger partial charge in [-0.3, -0.25) is 14.7 Å². The quantitative estimate of drug-likeness (QED) is 0.748. The standard InChI is InChI=1S/C17H18N4O3/c1-18-17(22)16-7-6-12(23-16)10-21(2)11-13-9-15(20-24-13)14-5-3-4-8-19-14/h3-9H,10-11H2,1-2H3,(H,18,22). The lowest BCUT2D eigenvalue weighted by molar-refractivity contribution is 0.0932. The maximum absolute atomic E-state index is 11.5. The fourth-order valence-corrected chi connectivity index (χ4v) is 2.32. The van der Waals surface area contributed by atoms with Crippen LogP contribution in [0.2, 0.25) is 0 Å². The minimum atomic E-state index is -0.237. The third-order valence-electron chi connectivity index (χ3n) is 3.45. The van der Waals surface area contributed by atoms with Gasteiger partial charge in [0, 0.05) is 19.3 Å². The topological polar surface area (TPSA) is 84.4 Å². The first-order chi connectivity index (χ1) is 11.7. The molecule has 0 saturated heterocycles. The summed E-state index contributed by atoms with van der Waals surface area (Å²) in [5, 5.41) is 6.57. The van der Waals surface area contributed by atoms with E-state index in [0.717, 1.165) is 11.5 Å². The summed E-state index contributed by atoms with van der Waals surface area (Å²) in [6.45, 7) is 1.12. The molecular weight excluding hydrogens is 308 g/mol. The van der Waals surface area contributed by atoms with Crippen LogP contribution in [0.15, 0.2) is 51.5 Å². The number of aromatic nitrogens is 2. The van der Waals surface area contributed by atoms with Crippen LogP contribution in [0.3, 0.4) is 0 Å². The van der Waals surface area contributed by atoms with Gasteiger partial charge < -0.3 is 14.3 Å². The van der Waals surface area contributed by atoms with E-state index in [4.69, 9.17) is 8.94 Å². The molecule has 0 spiro atoms. The van der Waals surface area contributed by atoms with E-state index in [9.17, 15) is 4.79 Å². The van der Waals surface area contributed by atoms with Crippen molar-refractivity contribution < 1.29 is 13.7 Å². The zero-order valence-corrected chi connectivity index (χ0v) is 13.5. The number of rotatable bonds is 6. The Hall–Kier alpha value is -2.93. The van der Waals surface area contributed by atoms with Crippen LogP contribution >= 0.6 is 0 Å². The maximum Gasteiger partial charge on any atom is 0.286 e. The summed E-state index contributed by atoms with van der Waals surface area (Å²) in [6.07, 6.45) is 1.72. The molecule has 0 aliphatic rings. The number of carbonyl (C=O) groups excluding carboxylic acids is 1. The van der Waals surface area contributed by atoms with Crippen LogP contribution in [0.1, 0.15) is 22.1 Å².